The molecule has 0 saturated heterocycles. The van der Waals surface area contributed by atoms with E-state index >= 15 is 0 Å². The lowest BCUT2D eigenvalue weighted by Gasteiger charge is -2.04. The number of nitrogens with one attached hydrogen (secondary N) is 2. The Balaban J connectivity index is 1.92. The molecule has 0 aliphatic rings. The summed E-state index contributed by atoms with van der Waals surface area (Å²) in [5.74, 6) is -0.395. The molecule has 0 fully saturated rings. The highest BCUT2D eigenvalue weighted by atomic mass is 35.5. The van der Waals surface area contributed by atoms with E-state index in [0.29, 0.717) is 27.7 Å². The highest BCUT2D eigenvalue weighted by molar-refractivity contribution is 6.34. The van der Waals surface area contributed by atoms with Crippen LogP contribution in [-0.4, -0.2) is 18.9 Å². The third-order valence-electron chi connectivity index (χ3n) is 3.28. The summed E-state index contributed by atoms with van der Waals surface area (Å²) in [6.45, 7) is 0.362. The normalized spacial score (nSPS) is 10.6. The molecule has 2 rings (SSSR count). The van der Waals surface area contributed by atoms with Crippen LogP contribution in [0.4, 0.5) is 0 Å². The molecule has 124 valence electrons. The van der Waals surface area contributed by atoms with Crippen molar-refractivity contribution in [1.29, 1.82) is 0 Å². The summed E-state index contributed by atoms with van der Waals surface area (Å²) < 4.78 is 0. The Labute approximate surface area is 150 Å². The average molecular weight is 363 g/mol. The Hall–Kier alpha value is -2.30. The summed E-state index contributed by atoms with van der Waals surface area (Å²) in [6.07, 6.45) is 3.01. The van der Waals surface area contributed by atoms with Gasteiger partial charge >= 0.3 is 0 Å². The number of carbonyl (C=O) groups is 2. The van der Waals surface area contributed by atoms with Crippen LogP contribution in [0.25, 0.3) is 6.08 Å². The van der Waals surface area contributed by atoms with Gasteiger partial charge in [0.05, 0.1) is 0 Å². The van der Waals surface area contributed by atoms with Gasteiger partial charge in [0.25, 0.3) is 5.91 Å². The molecule has 24 heavy (non-hydrogen) atoms. The topological polar surface area (TPSA) is 58.2 Å². The lowest BCUT2D eigenvalue weighted by Crippen LogP contribution is -2.20. The largest absolute Gasteiger partial charge is 0.355 e. The van der Waals surface area contributed by atoms with Crippen molar-refractivity contribution in [2.24, 2.45) is 0 Å². The zero-order chi connectivity index (χ0) is 17.5. The van der Waals surface area contributed by atoms with Crippen LogP contribution in [0, 0.1) is 0 Å². The number of benzene rings is 2. The predicted octanol–water partition coefficient (Wildman–Crippen LogP) is 3.68. The van der Waals surface area contributed by atoms with Crippen molar-refractivity contribution in [3.8, 4) is 0 Å². The Morgan fingerprint density at radius 2 is 1.79 bits per heavy atom. The van der Waals surface area contributed by atoms with Gasteiger partial charge in [-0.3, -0.25) is 9.59 Å². The highest BCUT2D eigenvalue weighted by Crippen LogP contribution is 2.21. The molecule has 4 nitrogen and oxygen atoms in total. The Bertz CT molecular complexity index is 771. The van der Waals surface area contributed by atoms with E-state index in [1.54, 1.807) is 55.6 Å². The molecule has 0 heterocycles. The van der Waals surface area contributed by atoms with Gasteiger partial charge < -0.3 is 10.6 Å². The molecule has 0 bridgehead atoms. The summed E-state index contributed by atoms with van der Waals surface area (Å²) in [4.78, 5) is 23.3. The van der Waals surface area contributed by atoms with Crippen LogP contribution < -0.4 is 10.6 Å². The van der Waals surface area contributed by atoms with Gasteiger partial charge in [-0.1, -0.05) is 35.3 Å². The van der Waals surface area contributed by atoms with Crippen LogP contribution in [0.3, 0.4) is 0 Å². The van der Waals surface area contributed by atoms with Crippen molar-refractivity contribution in [2.75, 3.05) is 7.05 Å². The molecule has 0 aromatic heterocycles. The number of carbonyl (C=O) groups excluding carboxylic acids is 2. The molecule has 2 N–H and O–H groups in total. The molecule has 6 heteroatoms. The molecule has 2 aromatic rings. The van der Waals surface area contributed by atoms with Crippen LogP contribution in [0.15, 0.2) is 48.5 Å². The van der Waals surface area contributed by atoms with Crippen molar-refractivity contribution in [3.63, 3.8) is 0 Å². The molecule has 0 saturated carbocycles. The first-order chi connectivity index (χ1) is 11.5. The summed E-state index contributed by atoms with van der Waals surface area (Å²) >= 11 is 11.9. The lowest BCUT2D eigenvalue weighted by atomic mass is 10.1. The van der Waals surface area contributed by atoms with Crippen molar-refractivity contribution >= 4 is 41.1 Å². The number of hydrogen-bond donors (Lipinski definition) is 2. The van der Waals surface area contributed by atoms with Gasteiger partial charge in [0, 0.05) is 35.3 Å². The maximum atomic E-state index is 11.9. The number of rotatable bonds is 5. The molecule has 0 aliphatic heterocycles. The molecular formula is C18H16Cl2N2O2. The summed E-state index contributed by atoms with van der Waals surface area (Å²) in [7, 11) is 1.58. The fraction of sp³-hybridized carbons (Fsp3) is 0.111. The average Bonchev–Trinajstić information content (AvgIpc) is 2.60. The van der Waals surface area contributed by atoms with E-state index in [1.807, 2.05) is 0 Å². The molecule has 0 radical (unpaired) electrons. The fourth-order valence-electron chi connectivity index (χ4n) is 1.97. The number of halogens is 2. The van der Waals surface area contributed by atoms with Crippen molar-refractivity contribution in [1.82, 2.24) is 10.6 Å². The predicted molar refractivity (Wildman–Crippen MR) is 97.2 cm³/mol. The Morgan fingerprint density at radius 1 is 1.08 bits per heavy atom. The minimum absolute atomic E-state index is 0.146. The minimum atomic E-state index is -0.249. The fourth-order valence-corrected chi connectivity index (χ4v) is 2.34. The maximum Gasteiger partial charge on any atom is 0.251 e. The first-order valence-electron chi connectivity index (χ1n) is 7.21. The Morgan fingerprint density at radius 3 is 2.46 bits per heavy atom. The van der Waals surface area contributed by atoms with Gasteiger partial charge in [-0.25, -0.2) is 0 Å². The standard InChI is InChI=1S/C18H16Cl2N2O2/c1-21-18(24)13-4-2-12(3-5-13)11-22-17(23)9-6-14-10-15(19)7-8-16(14)20/h2-10H,11H2,1H3,(H,21,24)(H,22,23)/b9-6+. The monoisotopic (exact) mass is 362 g/mol. The minimum Gasteiger partial charge on any atom is -0.355 e. The van der Waals surface area contributed by atoms with Crippen molar-refractivity contribution in [2.45, 2.75) is 6.54 Å². The lowest BCUT2D eigenvalue weighted by molar-refractivity contribution is -0.116. The van der Waals surface area contributed by atoms with Crippen LogP contribution >= 0.6 is 23.2 Å². The van der Waals surface area contributed by atoms with E-state index in [-0.39, 0.29) is 11.8 Å². The van der Waals surface area contributed by atoms with Gasteiger partial charge in [0.1, 0.15) is 0 Å². The zero-order valence-corrected chi connectivity index (χ0v) is 14.5. The second kappa shape index (κ2) is 8.52. The van der Waals surface area contributed by atoms with Gasteiger partial charge in [-0.05, 0) is 47.5 Å². The number of amides is 2. The van der Waals surface area contributed by atoms with Gasteiger partial charge in [0.2, 0.25) is 5.91 Å². The molecular weight excluding hydrogens is 347 g/mol. The van der Waals surface area contributed by atoms with E-state index in [1.165, 1.54) is 6.08 Å². The molecule has 0 unspecified atom stereocenters. The van der Waals surface area contributed by atoms with Crippen molar-refractivity contribution < 1.29 is 9.59 Å². The van der Waals surface area contributed by atoms with Gasteiger partial charge in [0.15, 0.2) is 0 Å². The third kappa shape index (κ3) is 5.11. The van der Waals surface area contributed by atoms with E-state index in [2.05, 4.69) is 10.6 Å². The summed E-state index contributed by atoms with van der Waals surface area (Å²) in [5.41, 5.74) is 2.14. The van der Waals surface area contributed by atoms with Crippen LogP contribution in [0.1, 0.15) is 21.5 Å². The zero-order valence-electron chi connectivity index (χ0n) is 13.0. The Kier molecular flexibility index (Phi) is 6.41. The molecule has 2 aromatic carbocycles. The highest BCUT2D eigenvalue weighted by Gasteiger charge is 2.03. The van der Waals surface area contributed by atoms with Gasteiger partial charge in [-0.2, -0.15) is 0 Å². The maximum absolute atomic E-state index is 11.9. The number of hydrogen-bond acceptors (Lipinski definition) is 2. The second-order valence-electron chi connectivity index (χ2n) is 4.99. The quantitative estimate of drug-likeness (QED) is 0.797. The van der Waals surface area contributed by atoms with Crippen LogP contribution in [-0.2, 0) is 11.3 Å². The molecule has 2 amide bonds. The van der Waals surface area contributed by atoms with E-state index in [0.717, 1.165) is 5.56 Å². The van der Waals surface area contributed by atoms with E-state index in [4.69, 9.17) is 23.2 Å². The smallest absolute Gasteiger partial charge is 0.251 e. The second-order valence-corrected chi connectivity index (χ2v) is 5.84. The molecule has 0 atom stereocenters. The SMILES string of the molecule is CNC(=O)c1ccc(CNC(=O)/C=C/c2cc(Cl)ccc2Cl)cc1. The van der Waals surface area contributed by atoms with E-state index in [9.17, 15) is 9.59 Å². The van der Waals surface area contributed by atoms with Crippen molar-refractivity contribution in [3.05, 3.63) is 75.3 Å². The van der Waals surface area contributed by atoms with Crippen LogP contribution in [0.2, 0.25) is 10.0 Å². The summed E-state index contributed by atoms with van der Waals surface area (Å²) in [6, 6.07) is 12.1. The first-order valence-corrected chi connectivity index (χ1v) is 7.97. The molecule has 0 spiro atoms. The van der Waals surface area contributed by atoms with E-state index < -0.39 is 0 Å². The first kappa shape index (κ1) is 18.0. The summed E-state index contributed by atoms with van der Waals surface area (Å²) in [5, 5.41) is 6.39. The van der Waals surface area contributed by atoms with Gasteiger partial charge in [-0.15, -0.1) is 0 Å². The molecule has 0 aliphatic carbocycles. The van der Waals surface area contributed by atoms with Crippen LogP contribution in [0.5, 0.6) is 0 Å². The third-order valence-corrected chi connectivity index (χ3v) is 3.86.